The minimum Gasteiger partial charge on any atom is -0.481 e. The van der Waals surface area contributed by atoms with Crippen LogP contribution >= 0.6 is 11.6 Å². The number of halogens is 1. The van der Waals surface area contributed by atoms with Gasteiger partial charge in [-0.1, -0.05) is 29.8 Å². The Labute approximate surface area is 180 Å². The highest BCUT2D eigenvalue weighted by Gasteiger charge is 2.39. The molecule has 0 saturated carbocycles. The standard InChI is InChI=1S/C21H26ClNO7/c1-3-29-17(30-4-2)12-28-10-9-16-19(21(26)27)18(14(11-23-16)20(24)25)13-7-5-6-8-15(13)22/h5-8,11,14,17-18H,3-4,9-10,12H2,1-2H3,(H,24,25)(H,26,27). The second-order valence-electron chi connectivity index (χ2n) is 6.47. The van der Waals surface area contributed by atoms with Crippen molar-refractivity contribution in [1.29, 1.82) is 0 Å². The fraction of sp³-hybridized carbons (Fsp3) is 0.476. The number of aliphatic imine (C=N–C) groups is 1. The molecule has 0 amide bonds. The van der Waals surface area contributed by atoms with Crippen molar-refractivity contribution in [2.75, 3.05) is 26.4 Å². The van der Waals surface area contributed by atoms with Crippen molar-refractivity contribution >= 4 is 29.8 Å². The van der Waals surface area contributed by atoms with Crippen LogP contribution < -0.4 is 0 Å². The number of carboxylic acids is 2. The van der Waals surface area contributed by atoms with E-state index in [1.165, 1.54) is 6.21 Å². The summed E-state index contributed by atoms with van der Waals surface area (Å²) in [6, 6.07) is 6.62. The third-order valence-electron chi connectivity index (χ3n) is 4.57. The SMILES string of the molecule is CCOC(COCCC1=C(C(=O)O)C(c2ccccc2Cl)C(C(=O)O)C=N1)OCC. The molecule has 9 heteroatoms. The number of carboxylic acid groups (broad SMARTS) is 2. The normalized spacial score (nSPS) is 18.8. The Bertz CT molecular complexity index is 802. The molecule has 2 N–H and O–H groups in total. The van der Waals surface area contributed by atoms with Crippen LogP contribution in [0.2, 0.25) is 5.02 Å². The Balaban J connectivity index is 2.24. The van der Waals surface area contributed by atoms with Gasteiger partial charge in [0.2, 0.25) is 0 Å². The van der Waals surface area contributed by atoms with Crippen molar-refractivity contribution in [1.82, 2.24) is 0 Å². The maximum absolute atomic E-state index is 12.1. The van der Waals surface area contributed by atoms with Crippen LogP contribution in [-0.2, 0) is 23.8 Å². The maximum atomic E-state index is 12.1. The number of carbonyl (C=O) groups is 2. The third-order valence-corrected chi connectivity index (χ3v) is 4.91. The monoisotopic (exact) mass is 439 g/mol. The van der Waals surface area contributed by atoms with E-state index in [2.05, 4.69) is 4.99 Å². The zero-order valence-corrected chi connectivity index (χ0v) is 17.7. The van der Waals surface area contributed by atoms with Crippen LogP contribution in [0.5, 0.6) is 0 Å². The lowest BCUT2D eigenvalue weighted by Gasteiger charge is -2.28. The number of hydrogen-bond donors (Lipinski definition) is 2. The van der Waals surface area contributed by atoms with Gasteiger partial charge in [-0.3, -0.25) is 9.79 Å². The van der Waals surface area contributed by atoms with Gasteiger partial charge in [-0.15, -0.1) is 0 Å². The summed E-state index contributed by atoms with van der Waals surface area (Å²) in [5.41, 5.74) is 0.600. The van der Waals surface area contributed by atoms with Crippen molar-refractivity contribution in [3.8, 4) is 0 Å². The Kier molecular flexibility index (Phi) is 9.45. The second-order valence-corrected chi connectivity index (χ2v) is 6.88. The van der Waals surface area contributed by atoms with Gasteiger partial charge in [0.25, 0.3) is 0 Å². The van der Waals surface area contributed by atoms with E-state index >= 15 is 0 Å². The zero-order valence-electron chi connectivity index (χ0n) is 16.9. The summed E-state index contributed by atoms with van der Waals surface area (Å²) < 4.78 is 16.4. The predicted molar refractivity (Wildman–Crippen MR) is 111 cm³/mol. The fourth-order valence-corrected chi connectivity index (χ4v) is 3.54. The van der Waals surface area contributed by atoms with E-state index in [1.807, 2.05) is 13.8 Å². The Hall–Kier alpha value is -2.26. The summed E-state index contributed by atoms with van der Waals surface area (Å²) in [6.45, 7) is 5.01. The molecule has 0 bridgehead atoms. The molecule has 0 radical (unpaired) electrons. The molecule has 2 atom stereocenters. The molecule has 1 aromatic carbocycles. The third kappa shape index (κ3) is 6.12. The molecule has 1 aliphatic rings. The maximum Gasteiger partial charge on any atom is 0.334 e. The van der Waals surface area contributed by atoms with Crippen molar-refractivity contribution < 1.29 is 34.0 Å². The summed E-state index contributed by atoms with van der Waals surface area (Å²) in [4.78, 5) is 28.0. The van der Waals surface area contributed by atoms with E-state index in [9.17, 15) is 19.8 Å². The number of aliphatic carboxylic acids is 2. The van der Waals surface area contributed by atoms with E-state index in [1.54, 1.807) is 24.3 Å². The number of hydrogen-bond acceptors (Lipinski definition) is 6. The zero-order chi connectivity index (χ0) is 22.1. The van der Waals surface area contributed by atoms with Crippen LogP contribution in [0.15, 0.2) is 40.5 Å². The highest BCUT2D eigenvalue weighted by Crippen LogP contribution is 2.40. The second kappa shape index (κ2) is 11.8. The molecule has 30 heavy (non-hydrogen) atoms. The highest BCUT2D eigenvalue weighted by atomic mass is 35.5. The van der Waals surface area contributed by atoms with Crippen LogP contribution in [0.3, 0.4) is 0 Å². The molecule has 0 spiro atoms. The minimum atomic E-state index is -1.24. The summed E-state index contributed by atoms with van der Waals surface area (Å²) >= 11 is 6.26. The number of nitrogens with zero attached hydrogens (tertiary/aromatic N) is 1. The molecule has 0 saturated heterocycles. The first-order chi connectivity index (χ1) is 14.4. The Morgan fingerprint density at radius 1 is 1.17 bits per heavy atom. The molecule has 0 fully saturated rings. The van der Waals surface area contributed by atoms with E-state index in [0.717, 1.165) is 0 Å². The highest BCUT2D eigenvalue weighted by molar-refractivity contribution is 6.31. The Morgan fingerprint density at radius 2 is 1.83 bits per heavy atom. The largest absolute Gasteiger partial charge is 0.481 e. The van der Waals surface area contributed by atoms with Gasteiger partial charge in [-0.25, -0.2) is 4.79 Å². The van der Waals surface area contributed by atoms with Gasteiger partial charge in [0.15, 0.2) is 6.29 Å². The van der Waals surface area contributed by atoms with Gasteiger partial charge in [-0.05, 0) is 25.5 Å². The van der Waals surface area contributed by atoms with E-state index < -0.39 is 30.1 Å². The summed E-state index contributed by atoms with van der Waals surface area (Å²) in [5.74, 6) is -4.50. The van der Waals surface area contributed by atoms with Gasteiger partial charge < -0.3 is 24.4 Å². The molecule has 1 aromatic rings. The number of ether oxygens (including phenoxy) is 3. The van der Waals surface area contributed by atoms with Crippen LogP contribution in [0.1, 0.15) is 31.7 Å². The van der Waals surface area contributed by atoms with Crippen molar-refractivity contribution in [2.24, 2.45) is 10.9 Å². The fourth-order valence-electron chi connectivity index (χ4n) is 3.29. The van der Waals surface area contributed by atoms with Crippen LogP contribution in [0.25, 0.3) is 0 Å². The minimum absolute atomic E-state index is 0.0900. The van der Waals surface area contributed by atoms with E-state index in [4.69, 9.17) is 25.8 Å². The van der Waals surface area contributed by atoms with E-state index in [0.29, 0.717) is 23.8 Å². The molecule has 8 nitrogen and oxygen atoms in total. The average Bonchev–Trinajstić information content (AvgIpc) is 2.71. The molecular formula is C21H26ClNO7. The molecule has 2 unspecified atom stereocenters. The van der Waals surface area contributed by atoms with Gasteiger partial charge in [0.05, 0.1) is 24.5 Å². The van der Waals surface area contributed by atoms with E-state index in [-0.39, 0.29) is 30.9 Å². The number of benzene rings is 1. The summed E-state index contributed by atoms with van der Waals surface area (Å²) in [5, 5.41) is 19.8. The first kappa shape index (κ1) is 24.0. The predicted octanol–water partition coefficient (Wildman–Crippen LogP) is 3.35. The topological polar surface area (TPSA) is 115 Å². The lowest BCUT2D eigenvalue weighted by atomic mass is 9.78. The van der Waals surface area contributed by atoms with Crippen LogP contribution in [0, 0.1) is 5.92 Å². The Morgan fingerprint density at radius 3 is 2.40 bits per heavy atom. The lowest BCUT2D eigenvalue weighted by molar-refractivity contribution is -0.167. The van der Waals surface area contributed by atoms with Gasteiger partial charge in [0.1, 0.15) is 5.92 Å². The average molecular weight is 440 g/mol. The molecule has 0 aromatic heterocycles. The molecular weight excluding hydrogens is 414 g/mol. The smallest absolute Gasteiger partial charge is 0.334 e. The molecule has 164 valence electrons. The van der Waals surface area contributed by atoms with Gasteiger partial charge in [-0.2, -0.15) is 0 Å². The number of rotatable bonds is 12. The van der Waals surface area contributed by atoms with Crippen LogP contribution in [0.4, 0.5) is 0 Å². The summed E-state index contributed by atoms with van der Waals surface area (Å²) in [6.07, 6.45) is 0.951. The van der Waals surface area contributed by atoms with Crippen LogP contribution in [-0.4, -0.2) is 61.1 Å². The summed E-state index contributed by atoms with van der Waals surface area (Å²) in [7, 11) is 0. The molecule has 2 rings (SSSR count). The first-order valence-corrected chi connectivity index (χ1v) is 10.1. The lowest BCUT2D eigenvalue weighted by Crippen LogP contribution is -2.31. The van der Waals surface area contributed by atoms with Crippen molar-refractivity contribution in [3.05, 3.63) is 46.1 Å². The van der Waals surface area contributed by atoms with Gasteiger partial charge >= 0.3 is 11.9 Å². The molecule has 1 aliphatic heterocycles. The van der Waals surface area contributed by atoms with Crippen molar-refractivity contribution in [3.63, 3.8) is 0 Å². The van der Waals surface area contributed by atoms with Gasteiger partial charge in [0, 0.05) is 36.8 Å². The van der Waals surface area contributed by atoms with Crippen molar-refractivity contribution in [2.45, 2.75) is 32.5 Å². The quantitative estimate of drug-likeness (QED) is 0.379. The molecule has 1 heterocycles. The first-order valence-electron chi connectivity index (χ1n) is 9.69. The molecule has 0 aliphatic carbocycles.